The highest BCUT2D eigenvalue weighted by atomic mass is 15.7. The van der Waals surface area contributed by atoms with Gasteiger partial charge in [0.1, 0.15) is 0 Å². The zero-order valence-corrected chi connectivity index (χ0v) is 7.76. The molecule has 0 saturated carbocycles. The maximum atomic E-state index is 3.02. The summed E-state index contributed by atoms with van der Waals surface area (Å²) in [6, 6.07) is 8.26. The first-order valence-corrected chi connectivity index (χ1v) is 3.99. The van der Waals surface area contributed by atoms with Crippen LogP contribution in [0.3, 0.4) is 0 Å². The van der Waals surface area contributed by atoms with Crippen molar-refractivity contribution in [3.05, 3.63) is 29.8 Å². The van der Waals surface area contributed by atoms with Gasteiger partial charge >= 0.3 is 0 Å². The molecule has 0 aliphatic carbocycles. The third-order valence-electron chi connectivity index (χ3n) is 1.71. The zero-order chi connectivity index (χ0) is 8.97. The van der Waals surface area contributed by atoms with Crippen LogP contribution in [0, 0.1) is 6.92 Å². The molecule has 0 amide bonds. The molecule has 0 saturated heterocycles. The maximum Gasteiger partial charge on any atom is 0.0704 e. The van der Waals surface area contributed by atoms with Gasteiger partial charge in [0.2, 0.25) is 0 Å². The van der Waals surface area contributed by atoms with Gasteiger partial charge in [0.15, 0.2) is 0 Å². The molecule has 12 heavy (non-hydrogen) atoms. The quantitative estimate of drug-likeness (QED) is 0.656. The first-order chi connectivity index (χ1) is 5.77. The molecule has 0 aromatic heterocycles. The molecule has 2 N–H and O–H groups in total. The van der Waals surface area contributed by atoms with E-state index in [0.29, 0.717) is 0 Å². The summed E-state index contributed by atoms with van der Waals surface area (Å²) < 4.78 is 0. The highest BCUT2D eigenvalue weighted by Crippen LogP contribution is 2.11. The summed E-state index contributed by atoms with van der Waals surface area (Å²) in [5.41, 5.74) is 8.40. The second kappa shape index (κ2) is 4.09. The van der Waals surface area contributed by atoms with Crippen LogP contribution in [0.1, 0.15) is 5.56 Å². The smallest absolute Gasteiger partial charge is 0.0704 e. The Morgan fingerprint density at radius 2 is 1.83 bits per heavy atom. The van der Waals surface area contributed by atoms with E-state index in [-0.39, 0.29) is 0 Å². The van der Waals surface area contributed by atoms with Gasteiger partial charge in [-0.15, -0.1) is 0 Å². The molecule has 0 heterocycles. The predicted octanol–water partition coefficient (Wildman–Crippen LogP) is 1.07. The number of anilines is 1. The van der Waals surface area contributed by atoms with Crippen molar-refractivity contribution in [3.8, 4) is 0 Å². The van der Waals surface area contributed by atoms with E-state index < -0.39 is 0 Å². The van der Waals surface area contributed by atoms with E-state index in [1.807, 2.05) is 31.3 Å². The van der Waals surface area contributed by atoms with Crippen molar-refractivity contribution in [3.63, 3.8) is 0 Å². The summed E-state index contributed by atoms with van der Waals surface area (Å²) in [7, 11) is 3.75. The van der Waals surface area contributed by atoms with Crippen molar-refractivity contribution in [2.45, 2.75) is 6.92 Å². The Labute approximate surface area is 73.3 Å². The fourth-order valence-corrected chi connectivity index (χ4v) is 1.14. The van der Waals surface area contributed by atoms with Gasteiger partial charge in [0.25, 0.3) is 0 Å². The number of benzene rings is 1. The van der Waals surface area contributed by atoms with Gasteiger partial charge in [-0.25, -0.2) is 16.0 Å². The number of hydrazine groups is 2. The van der Waals surface area contributed by atoms with Crippen LogP contribution in [-0.4, -0.2) is 14.1 Å². The Hall–Kier alpha value is -1.06. The van der Waals surface area contributed by atoms with E-state index in [1.54, 1.807) is 0 Å². The molecule has 3 heteroatoms. The topological polar surface area (TPSA) is 27.3 Å². The second-order valence-corrected chi connectivity index (χ2v) is 2.62. The highest BCUT2D eigenvalue weighted by Gasteiger charge is 1.99. The van der Waals surface area contributed by atoms with Crippen molar-refractivity contribution in [2.24, 2.45) is 0 Å². The first-order valence-electron chi connectivity index (χ1n) is 3.99. The van der Waals surface area contributed by atoms with Crippen LogP contribution >= 0.6 is 0 Å². The Morgan fingerprint density at radius 3 is 2.33 bits per heavy atom. The molecule has 1 aromatic carbocycles. The molecule has 0 spiro atoms. The number of rotatable bonds is 3. The van der Waals surface area contributed by atoms with Crippen LogP contribution in [0.4, 0.5) is 5.69 Å². The minimum absolute atomic E-state index is 1.11. The zero-order valence-electron chi connectivity index (χ0n) is 7.76. The van der Waals surface area contributed by atoms with Crippen LogP contribution in [0.2, 0.25) is 0 Å². The van der Waals surface area contributed by atoms with Crippen LogP contribution in [0.25, 0.3) is 0 Å². The van der Waals surface area contributed by atoms with Crippen LogP contribution < -0.4 is 16.0 Å². The van der Waals surface area contributed by atoms with Gasteiger partial charge < -0.3 is 0 Å². The Bertz CT molecular complexity index is 243. The van der Waals surface area contributed by atoms with Gasteiger partial charge in [-0.05, 0) is 24.6 Å². The average Bonchev–Trinajstić information content (AvgIpc) is 2.07. The van der Waals surface area contributed by atoms with Gasteiger partial charge in [0.05, 0.1) is 5.69 Å². The van der Waals surface area contributed by atoms with Crippen LogP contribution in [-0.2, 0) is 0 Å². The summed E-state index contributed by atoms with van der Waals surface area (Å²) >= 11 is 0. The molecule has 3 nitrogen and oxygen atoms in total. The largest absolute Gasteiger partial charge is 0.242 e. The van der Waals surface area contributed by atoms with E-state index >= 15 is 0 Å². The van der Waals surface area contributed by atoms with Crippen molar-refractivity contribution in [1.29, 1.82) is 0 Å². The molecule has 1 rings (SSSR count). The van der Waals surface area contributed by atoms with E-state index in [9.17, 15) is 0 Å². The third kappa shape index (κ3) is 1.96. The predicted molar refractivity (Wildman–Crippen MR) is 51.8 cm³/mol. The van der Waals surface area contributed by atoms with Crippen LogP contribution in [0.5, 0.6) is 0 Å². The lowest BCUT2D eigenvalue weighted by Gasteiger charge is -2.21. The van der Waals surface area contributed by atoms with Crippen molar-refractivity contribution < 1.29 is 0 Å². The van der Waals surface area contributed by atoms with E-state index in [1.165, 1.54) is 5.56 Å². The number of nitrogens with one attached hydrogen (secondary N) is 2. The lowest BCUT2D eigenvalue weighted by molar-refractivity contribution is 0.624. The molecule has 0 bridgehead atoms. The SMILES string of the molecule is CNN(NC)c1cccc(C)c1. The van der Waals surface area contributed by atoms with Crippen molar-refractivity contribution >= 4 is 5.69 Å². The van der Waals surface area contributed by atoms with E-state index in [4.69, 9.17) is 0 Å². The molecular formula is C9H15N3. The normalized spacial score (nSPS) is 9.92. The summed E-state index contributed by atoms with van der Waals surface area (Å²) in [5.74, 6) is 0. The van der Waals surface area contributed by atoms with Crippen molar-refractivity contribution in [1.82, 2.24) is 10.9 Å². The molecular weight excluding hydrogens is 150 g/mol. The van der Waals surface area contributed by atoms with E-state index in [2.05, 4.69) is 29.9 Å². The summed E-state index contributed by atoms with van der Waals surface area (Å²) in [4.78, 5) is 0. The monoisotopic (exact) mass is 165 g/mol. The van der Waals surface area contributed by atoms with Crippen molar-refractivity contribution in [2.75, 3.05) is 19.2 Å². The lowest BCUT2D eigenvalue weighted by atomic mass is 10.2. The van der Waals surface area contributed by atoms with Gasteiger partial charge in [-0.3, -0.25) is 0 Å². The van der Waals surface area contributed by atoms with Gasteiger partial charge in [-0.2, -0.15) is 0 Å². The Balaban J connectivity index is 2.85. The molecule has 0 atom stereocenters. The van der Waals surface area contributed by atoms with Gasteiger partial charge in [0, 0.05) is 14.1 Å². The fraction of sp³-hybridized carbons (Fsp3) is 0.333. The number of aryl methyl sites for hydroxylation is 1. The fourth-order valence-electron chi connectivity index (χ4n) is 1.14. The highest BCUT2D eigenvalue weighted by molar-refractivity contribution is 5.46. The molecule has 0 radical (unpaired) electrons. The number of hydrogen-bond donors (Lipinski definition) is 2. The number of hydrogen-bond acceptors (Lipinski definition) is 3. The number of nitrogens with zero attached hydrogens (tertiary/aromatic N) is 1. The Morgan fingerprint density at radius 1 is 1.17 bits per heavy atom. The molecule has 1 aromatic rings. The molecule has 0 aliphatic heterocycles. The minimum Gasteiger partial charge on any atom is -0.242 e. The lowest BCUT2D eigenvalue weighted by Crippen LogP contribution is -2.44. The summed E-state index contributed by atoms with van der Waals surface area (Å²) in [6.07, 6.45) is 0. The van der Waals surface area contributed by atoms with Gasteiger partial charge in [-0.1, -0.05) is 12.1 Å². The molecule has 66 valence electrons. The second-order valence-electron chi connectivity index (χ2n) is 2.62. The third-order valence-corrected chi connectivity index (χ3v) is 1.71. The Kier molecular flexibility index (Phi) is 3.08. The molecule has 0 unspecified atom stereocenters. The standard InChI is InChI=1S/C9H15N3/c1-8-5-4-6-9(7-8)12(10-2)11-3/h4-7,10-11H,1-3H3. The summed E-state index contributed by atoms with van der Waals surface area (Å²) in [5, 5.41) is 1.85. The van der Waals surface area contributed by atoms with E-state index in [0.717, 1.165) is 5.69 Å². The first kappa shape index (κ1) is 9.03. The summed E-state index contributed by atoms with van der Waals surface area (Å²) in [6.45, 7) is 2.08. The maximum absolute atomic E-state index is 3.02. The van der Waals surface area contributed by atoms with Crippen LogP contribution in [0.15, 0.2) is 24.3 Å². The average molecular weight is 165 g/mol. The minimum atomic E-state index is 1.11. The molecule has 0 fully saturated rings. The molecule has 0 aliphatic rings.